The Morgan fingerprint density at radius 3 is 1.54 bits per heavy atom. The molecule has 41 heavy (non-hydrogen) atoms. The molecule has 246 valence electrons. The number of aliphatic hydroxyl groups excluding tert-OH is 2. The van der Waals surface area contributed by atoms with Crippen molar-refractivity contribution in [1.82, 2.24) is 5.32 Å². The zero-order chi connectivity index (χ0) is 30.6. The molecule has 0 aromatic carbocycles. The number of hydrogen-bond acceptors (Lipinski definition) is 3. The first kappa shape index (κ1) is 40.4. The van der Waals surface area contributed by atoms with Crippen molar-refractivity contribution in [2.75, 3.05) is 0 Å². The van der Waals surface area contributed by atoms with E-state index >= 15 is 0 Å². The maximum Gasteiger partial charge on any atom is 0.249 e. The molecule has 1 fully saturated rings. The molecule has 1 amide bonds. The van der Waals surface area contributed by atoms with Gasteiger partial charge in [0.25, 0.3) is 0 Å². The molecular weight excluding hydrogens is 506 g/mol. The molecule has 1 rings (SSSR count). The normalized spacial score (nSPS) is 18.3. The third-order valence-corrected chi connectivity index (χ3v) is 8.92. The minimum Gasteiger partial charge on any atom is -0.391 e. The fraction of sp³-hybridized carbons (Fsp3) is 0.973. The van der Waals surface area contributed by atoms with Gasteiger partial charge in [0.2, 0.25) is 5.91 Å². The minimum absolute atomic E-state index is 0.256. The maximum absolute atomic E-state index is 12.5. The molecule has 1 aliphatic carbocycles. The van der Waals surface area contributed by atoms with Crippen molar-refractivity contribution in [3.63, 3.8) is 0 Å². The molecule has 0 saturated heterocycles. The summed E-state index contributed by atoms with van der Waals surface area (Å²) in [6.07, 6.45) is 30.2. The molecule has 3 N–H and O–H groups in total. The highest BCUT2D eigenvalue weighted by Crippen LogP contribution is 2.45. The highest BCUT2D eigenvalue weighted by Gasteiger charge is 2.34. The van der Waals surface area contributed by atoms with Gasteiger partial charge in [0.15, 0.2) is 0 Å². The van der Waals surface area contributed by atoms with Crippen LogP contribution in [0.15, 0.2) is 0 Å². The molecule has 0 aromatic rings. The van der Waals surface area contributed by atoms with Crippen molar-refractivity contribution in [1.29, 1.82) is 0 Å². The van der Waals surface area contributed by atoms with Gasteiger partial charge in [0.1, 0.15) is 6.10 Å². The highest BCUT2D eigenvalue weighted by atomic mass is 16.3. The van der Waals surface area contributed by atoms with E-state index in [1.165, 1.54) is 122 Å². The molecule has 5 unspecified atom stereocenters. The summed E-state index contributed by atoms with van der Waals surface area (Å²) in [7, 11) is 0. The van der Waals surface area contributed by atoms with E-state index in [1.807, 2.05) is 6.92 Å². The summed E-state index contributed by atoms with van der Waals surface area (Å²) >= 11 is 0. The second-order valence-electron chi connectivity index (χ2n) is 13.2. The molecule has 1 saturated carbocycles. The van der Waals surface area contributed by atoms with Crippen LogP contribution in [0.1, 0.15) is 202 Å². The molecule has 1 aliphatic rings. The summed E-state index contributed by atoms with van der Waals surface area (Å²) in [5, 5.41) is 23.8. The van der Waals surface area contributed by atoms with Gasteiger partial charge in [-0.1, -0.05) is 176 Å². The second-order valence-corrected chi connectivity index (χ2v) is 13.2. The van der Waals surface area contributed by atoms with Crippen molar-refractivity contribution < 1.29 is 15.0 Å². The number of rotatable bonds is 28. The predicted molar refractivity (Wildman–Crippen MR) is 179 cm³/mol. The zero-order valence-corrected chi connectivity index (χ0v) is 28.6. The number of carbonyl (C=O) groups excluding carboxylic acids is 1. The largest absolute Gasteiger partial charge is 0.391 e. The lowest BCUT2D eigenvalue weighted by molar-refractivity contribution is -0.131. The monoisotopic (exact) mass is 582 g/mol. The average Bonchev–Trinajstić information content (AvgIpc) is 3.71. The Balaban J connectivity index is 0.00000509. The summed E-state index contributed by atoms with van der Waals surface area (Å²) in [6.45, 7) is 10.8. The van der Waals surface area contributed by atoms with Gasteiger partial charge in [-0.3, -0.25) is 4.79 Å². The number of hydrogen-bond donors (Lipinski definition) is 3. The van der Waals surface area contributed by atoms with E-state index < -0.39 is 12.2 Å². The van der Waals surface area contributed by atoms with E-state index in [2.05, 4.69) is 33.0 Å². The Bertz CT molecular complexity index is 554. The van der Waals surface area contributed by atoms with Crippen molar-refractivity contribution in [2.24, 2.45) is 11.8 Å². The van der Waals surface area contributed by atoms with E-state index in [9.17, 15) is 15.0 Å². The first-order chi connectivity index (χ1) is 19.9. The predicted octanol–water partition coefficient (Wildman–Crippen LogP) is 10.7. The molecule has 0 radical (unpaired) electrons. The van der Waals surface area contributed by atoms with Crippen molar-refractivity contribution in [3.8, 4) is 0 Å². The van der Waals surface area contributed by atoms with Crippen LogP contribution in [0, 0.1) is 11.8 Å². The lowest BCUT2D eigenvalue weighted by atomic mass is 9.99. The van der Waals surface area contributed by atoms with E-state index in [1.54, 1.807) is 0 Å². The molecular formula is C37H75NO3. The first-order valence-corrected chi connectivity index (χ1v) is 18.6. The Morgan fingerprint density at radius 2 is 1.05 bits per heavy atom. The maximum atomic E-state index is 12.5. The number of nitrogens with one attached hydrogen (secondary N) is 1. The van der Waals surface area contributed by atoms with Gasteiger partial charge in [-0.15, -0.1) is 0 Å². The number of carbonyl (C=O) groups is 1. The molecule has 5 atom stereocenters. The lowest BCUT2D eigenvalue weighted by Crippen LogP contribution is -2.47. The van der Waals surface area contributed by atoms with Gasteiger partial charge < -0.3 is 15.5 Å². The Morgan fingerprint density at radius 1 is 0.610 bits per heavy atom. The summed E-state index contributed by atoms with van der Waals surface area (Å²) in [5.74, 6) is 1.80. The molecule has 4 heteroatoms. The summed E-state index contributed by atoms with van der Waals surface area (Å²) in [5.41, 5.74) is 0. The van der Waals surface area contributed by atoms with Gasteiger partial charge in [-0.05, 0) is 37.5 Å². The van der Waals surface area contributed by atoms with Gasteiger partial charge in [-0.2, -0.15) is 0 Å². The fourth-order valence-corrected chi connectivity index (χ4v) is 6.12. The third-order valence-electron chi connectivity index (χ3n) is 8.92. The third kappa shape index (κ3) is 24.5. The highest BCUT2D eigenvalue weighted by molar-refractivity contribution is 5.80. The van der Waals surface area contributed by atoms with Crippen LogP contribution in [0.5, 0.6) is 0 Å². The number of aliphatic hydroxyl groups is 2. The van der Waals surface area contributed by atoms with Crippen LogP contribution in [-0.2, 0) is 4.79 Å². The van der Waals surface area contributed by atoms with Crippen LogP contribution in [-0.4, -0.2) is 34.4 Å². The fourth-order valence-electron chi connectivity index (χ4n) is 6.12. The van der Waals surface area contributed by atoms with Crippen molar-refractivity contribution in [3.05, 3.63) is 0 Å². The zero-order valence-electron chi connectivity index (χ0n) is 28.6. The van der Waals surface area contributed by atoms with Gasteiger partial charge in [0, 0.05) is 0 Å². The Labute approximate surface area is 257 Å². The first-order valence-electron chi connectivity index (χ1n) is 18.6. The number of amides is 1. The van der Waals surface area contributed by atoms with Crippen LogP contribution in [0.3, 0.4) is 0 Å². The van der Waals surface area contributed by atoms with E-state index in [0.29, 0.717) is 12.8 Å². The quantitative estimate of drug-likeness (QED) is 0.0805. The molecule has 0 bridgehead atoms. The van der Waals surface area contributed by atoms with E-state index in [-0.39, 0.29) is 11.9 Å². The van der Waals surface area contributed by atoms with Crippen LogP contribution in [0.2, 0.25) is 0 Å². The standard InChI is InChI=1S/C34H67NO3.C3H8/c1-4-7-8-9-10-11-12-13-16-20-23-27-33(37)34(38)35-31(6-3)32(36)26-22-19-17-14-15-18-21-25-30-28-29(30)24-5-2;1-3-2/h29-33,36-37H,4-28H2,1-3H3,(H,35,38);3H2,1-2H3. The van der Waals surface area contributed by atoms with Crippen molar-refractivity contribution in [2.45, 2.75) is 220 Å². The van der Waals surface area contributed by atoms with E-state index in [0.717, 1.165) is 43.9 Å². The topological polar surface area (TPSA) is 69.6 Å². The SMILES string of the molecule is CCC.CCCCCCCCCCCCCC(O)C(=O)NC(CC)C(O)CCCCCCCCCC1CC1CCC. The number of unbranched alkanes of at least 4 members (excludes halogenated alkanes) is 16. The van der Waals surface area contributed by atoms with Crippen LogP contribution in [0.4, 0.5) is 0 Å². The smallest absolute Gasteiger partial charge is 0.249 e. The molecule has 0 heterocycles. The van der Waals surface area contributed by atoms with Gasteiger partial charge in [-0.25, -0.2) is 0 Å². The van der Waals surface area contributed by atoms with Crippen molar-refractivity contribution >= 4 is 5.91 Å². The minimum atomic E-state index is -0.952. The van der Waals surface area contributed by atoms with Gasteiger partial charge >= 0.3 is 0 Å². The van der Waals surface area contributed by atoms with E-state index in [4.69, 9.17) is 0 Å². The van der Waals surface area contributed by atoms with Gasteiger partial charge in [0.05, 0.1) is 12.1 Å². The molecule has 0 aliphatic heterocycles. The Kier molecular flexibility index (Phi) is 29.0. The summed E-state index contributed by atoms with van der Waals surface area (Å²) in [6, 6.07) is -0.256. The van der Waals surface area contributed by atoms with Crippen LogP contribution in [0.25, 0.3) is 0 Å². The molecule has 4 nitrogen and oxygen atoms in total. The molecule has 0 aromatic heterocycles. The summed E-state index contributed by atoms with van der Waals surface area (Å²) in [4.78, 5) is 12.5. The lowest BCUT2D eigenvalue weighted by Gasteiger charge is -2.24. The average molecular weight is 582 g/mol. The summed E-state index contributed by atoms with van der Waals surface area (Å²) < 4.78 is 0. The second kappa shape index (κ2) is 29.5. The Hall–Kier alpha value is -0.610. The van der Waals surface area contributed by atoms with Crippen LogP contribution >= 0.6 is 0 Å². The molecule has 0 spiro atoms. The van der Waals surface area contributed by atoms with Crippen LogP contribution < -0.4 is 5.32 Å².